The molecule has 1 amide bonds. The smallest absolute Gasteiger partial charge is 0.237 e. The number of hydrogen-bond acceptors (Lipinski definition) is 3. The molecule has 0 aliphatic heterocycles. The van der Waals surface area contributed by atoms with Crippen molar-refractivity contribution in [2.75, 3.05) is 34.7 Å². The van der Waals surface area contributed by atoms with Crippen molar-refractivity contribution in [3.63, 3.8) is 0 Å². The maximum absolute atomic E-state index is 10.9. The second kappa shape index (κ2) is 4.24. The molecule has 0 unspecified atom stereocenters. The third-order valence-corrected chi connectivity index (χ3v) is 1.05. The molecule has 0 saturated carbocycles. The number of carbonyl (C=O) groups is 1. The monoisotopic (exact) mass is 145 g/mol. The summed E-state index contributed by atoms with van der Waals surface area (Å²) < 4.78 is 0. The summed E-state index contributed by atoms with van der Waals surface area (Å²) in [6, 6.07) is 0. The van der Waals surface area contributed by atoms with Gasteiger partial charge in [0, 0.05) is 28.2 Å². The predicted molar refractivity (Wildman–Crippen MR) is 40.4 cm³/mol. The largest absolute Gasteiger partial charge is 0.348 e. The highest BCUT2D eigenvalue weighted by atomic mass is 16.2. The van der Waals surface area contributed by atoms with Crippen LogP contribution in [-0.4, -0.2) is 50.6 Å². The lowest BCUT2D eigenvalue weighted by Crippen LogP contribution is -2.39. The average Bonchev–Trinajstić information content (AvgIpc) is 1.82. The Labute approximate surface area is 61.8 Å². The van der Waals surface area contributed by atoms with Crippen LogP contribution in [0.3, 0.4) is 0 Å². The van der Waals surface area contributed by atoms with Gasteiger partial charge in [-0.1, -0.05) is 0 Å². The summed E-state index contributed by atoms with van der Waals surface area (Å²) in [5, 5.41) is 1.75. The van der Waals surface area contributed by atoms with E-state index in [0.29, 0.717) is 6.54 Å². The fourth-order valence-electron chi connectivity index (χ4n) is 0.384. The number of amides is 1. The molecule has 0 aliphatic carbocycles. The molecule has 0 bridgehead atoms. The lowest BCUT2D eigenvalue weighted by atomic mass is 10.6. The van der Waals surface area contributed by atoms with E-state index in [1.165, 1.54) is 0 Å². The van der Waals surface area contributed by atoms with Gasteiger partial charge in [0.25, 0.3) is 0 Å². The van der Waals surface area contributed by atoms with Gasteiger partial charge in [0.15, 0.2) is 0 Å². The van der Waals surface area contributed by atoms with Crippen LogP contribution in [0.15, 0.2) is 0 Å². The Kier molecular flexibility index (Phi) is 3.99. The summed E-state index contributed by atoms with van der Waals surface area (Å²) >= 11 is 0. The van der Waals surface area contributed by atoms with Crippen LogP contribution in [0, 0.1) is 0 Å². The molecule has 0 aromatic rings. The van der Waals surface area contributed by atoms with Gasteiger partial charge >= 0.3 is 0 Å². The van der Waals surface area contributed by atoms with Gasteiger partial charge in [-0.3, -0.25) is 9.80 Å². The minimum Gasteiger partial charge on any atom is -0.348 e. The molecule has 0 aromatic heterocycles. The molecule has 0 radical (unpaired) electrons. The van der Waals surface area contributed by atoms with E-state index in [9.17, 15) is 4.79 Å². The standard InChI is InChI=1S/C6H15N3O/c1-8(2)6(10)5-7-9(3)4/h7H,5H2,1-4H3. The van der Waals surface area contributed by atoms with Gasteiger partial charge in [0.2, 0.25) is 5.91 Å². The normalized spacial score (nSPS) is 10.1. The van der Waals surface area contributed by atoms with E-state index in [-0.39, 0.29) is 5.91 Å². The molecule has 0 atom stereocenters. The fourth-order valence-corrected chi connectivity index (χ4v) is 0.384. The second-order valence-corrected chi connectivity index (χ2v) is 2.52. The number of nitrogens with one attached hydrogen (secondary N) is 1. The zero-order valence-electron chi connectivity index (χ0n) is 7.01. The molecule has 0 aliphatic rings. The number of hydrazine groups is 1. The van der Waals surface area contributed by atoms with Gasteiger partial charge in [-0.05, 0) is 0 Å². The lowest BCUT2D eigenvalue weighted by molar-refractivity contribution is -0.128. The number of nitrogens with zero attached hydrogens (tertiary/aromatic N) is 2. The average molecular weight is 145 g/mol. The van der Waals surface area contributed by atoms with Crippen molar-refractivity contribution in [1.82, 2.24) is 15.3 Å². The molecule has 60 valence electrons. The summed E-state index contributed by atoms with van der Waals surface area (Å²) in [5.74, 6) is 0.0775. The highest BCUT2D eigenvalue weighted by molar-refractivity contribution is 5.77. The number of carbonyl (C=O) groups excluding carboxylic acids is 1. The fraction of sp³-hybridized carbons (Fsp3) is 0.833. The molecule has 1 N–H and O–H groups in total. The Bertz CT molecular complexity index is 112. The first-order chi connectivity index (χ1) is 4.54. The van der Waals surface area contributed by atoms with Gasteiger partial charge in [-0.15, -0.1) is 0 Å². The minimum atomic E-state index is 0.0775. The number of rotatable bonds is 3. The molecular formula is C6H15N3O. The van der Waals surface area contributed by atoms with Crippen LogP contribution < -0.4 is 5.43 Å². The Morgan fingerprint density at radius 1 is 1.30 bits per heavy atom. The maximum atomic E-state index is 10.9. The lowest BCUT2D eigenvalue weighted by Gasteiger charge is -2.14. The second-order valence-electron chi connectivity index (χ2n) is 2.52. The zero-order valence-corrected chi connectivity index (χ0v) is 7.01. The predicted octanol–water partition coefficient (Wildman–Crippen LogP) is -0.859. The highest BCUT2D eigenvalue weighted by Gasteiger charge is 2.01. The van der Waals surface area contributed by atoms with Crippen molar-refractivity contribution in [2.24, 2.45) is 0 Å². The van der Waals surface area contributed by atoms with Crippen LogP contribution in [-0.2, 0) is 4.79 Å². The Hall–Kier alpha value is -0.610. The zero-order chi connectivity index (χ0) is 8.15. The van der Waals surface area contributed by atoms with E-state index in [4.69, 9.17) is 0 Å². The first kappa shape index (κ1) is 9.39. The van der Waals surface area contributed by atoms with Gasteiger partial charge in [0.05, 0.1) is 6.54 Å². The van der Waals surface area contributed by atoms with Crippen LogP contribution >= 0.6 is 0 Å². The van der Waals surface area contributed by atoms with Crippen LogP contribution in [0.1, 0.15) is 0 Å². The van der Waals surface area contributed by atoms with Crippen molar-refractivity contribution in [2.45, 2.75) is 0 Å². The highest BCUT2D eigenvalue weighted by Crippen LogP contribution is 1.75. The van der Waals surface area contributed by atoms with Crippen LogP contribution in [0.2, 0.25) is 0 Å². The molecule has 0 spiro atoms. The van der Waals surface area contributed by atoms with Crippen molar-refractivity contribution in [3.05, 3.63) is 0 Å². The number of hydrogen-bond donors (Lipinski definition) is 1. The van der Waals surface area contributed by atoms with E-state index in [0.717, 1.165) is 0 Å². The van der Waals surface area contributed by atoms with Crippen molar-refractivity contribution in [1.29, 1.82) is 0 Å². The summed E-state index contributed by atoms with van der Waals surface area (Å²) in [7, 11) is 7.17. The summed E-state index contributed by atoms with van der Waals surface area (Å²) in [4.78, 5) is 12.4. The topological polar surface area (TPSA) is 35.6 Å². The van der Waals surface area contributed by atoms with E-state index in [1.807, 2.05) is 14.1 Å². The van der Waals surface area contributed by atoms with Crippen LogP contribution in [0.5, 0.6) is 0 Å². The van der Waals surface area contributed by atoms with Crippen molar-refractivity contribution >= 4 is 5.91 Å². The SMILES string of the molecule is CN(C)NCC(=O)N(C)C. The summed E-state index contributed by atoms with van der Waals surface area (Å²) in [6.45, 7) is 0.361. The van der Waals surface area contributed by atoms with Crippen LogP contribution in [0.25, 0.3) is 0 Å². The molecular weight excluding hydrogens is 130 g/mol. The molecule has 0 aromatic carbocycles. The molecule has 0 saturated heterocycles. The summed E-state index contributed by atoms with van der Waals surface area (Å²) in [6.07, 6.45) is 0. The molecule has 10 heavy (non-hydrogen) atoms. The third kappa shape index (κ3) is 4.29. The van der Waals surface area contributed by atoms with Crippen molar-refractivity contribution < 1.29 is 4.79 Å². The molecule has 0 fully saturated rings. The first-order valence-corrected chi connectivity index (χ1v) is 3.15. The van der Waals surface area contributed by atoms with Crippen LogP contribution in [0.4, 0.5) is 0 Å². The Balaban J connectivity index is 3.40. The van der Waals surface area contributed by atoms with Crippen molar-refractivity contribution in [3.8, 4) is 0 Å². The Morgan fingerprint density at radius 2 is 1.80 bits per heavy atom. The number of likely N-dealkylation sites (N-methyl/N-ethyl adjacent to an activating group) is 1. The van der Waals surface area contributed by atoms with Gasteiger partial charge in [-0.25, -0.2) is 5.43 Å². The van der Waals surface area contributed by atoms with Gasteiger partial charge in [0.1, 0.15) is 0 Å². The van der Waals surface area contributed by atoms with Gasteiger partial charge in [-0.2, -0.15) is 0 Å². The Morgan fingerprint density at radius 3 is 2.10 bits per heavy atom. The molecule has 0 heterocycles. The van der Waals surface area contributed by atoms with E-state index in [1.54, 1.807) is 24.0 Å². The molecule has 4 heteroatoms. The van der Waals surface area contributed by atoms with E-state index >= 15 is 0 Å². The maximum Gasteiger partial charge on any atom is 0.237 e. The first-order valence-electron chi connectivity index (χ1n) is 3.15. The van der Waals surface area contributed by atoms with E-state index in [2.05, 4.69) is 5.43 Å². The van der Waals surface area contributed by atoms with Gasteiger partial charge < -0.3 is 4.90 Å². The van der Waals surface area contributed by atoms with E-state index < -0.39 is 0 Å². The quantitative estimate of drug-likeness (QED) is 0.525. The minimum absolute atomic E-state index is 0.0775. The summed E-state index contributed by atoms with van der Waals surface area (Å²) in [5.41, 5.74) is 2.87. The third-order valence-electron chi connectivity index (χ3n) is 1.05. The molecule has 4 nitrogen and oxygen atoms in total. The molecule has 0 rings (SSSR count).